The van der Waals surface area contributed by atoms with Gasteiger partial charge in [-0.3, -0.25) is 18.9 Å². The van der Waals surface area contributed by atoms with Crippen LogP contribution in [0, 0.1) is 12.8 Å². The van der Waals surface area contributed by atoms with Gasteiger partial charge in [0, 0.05) is 25.0 Å². The van der Waals surface area contributed by atoms with E-state index in [1.165, 1.54) is 0 Å². The van der Waals surface area contributed by atoms with Gasteiger partial charge in [0.15, 0.2) is 0 Å². The third-order valence-corrected chi connectivity index (χ3v) is 7.61. The smallest absolute Gasteiger partial charge is 0.333 e. The number of halogens is 1. The van der Waals surface area contributed by atoms with Gasteiger partial charge in [-0.2, -0.15) is 0 Å². The maximum Gasteiger partial charge on any atom is 0.333 e. The van der Waals surface area contributed by atoms with Crippen molar-refractivity contribution in [1.82, 2.24) is 28.8 Å². The van der Waals surface area contributed by atoms with Gasteiger partial charge in [0.05, 0.1) is 51.0 Å². The summed E-state index contributed by atoms with van der Waals surface area (Å²) in [7, 11) is 0. The molecule has 1 N–H and O–H groups in total. The van der Waals surface area contributed by atoms with Crippen molar-refractivity contribution in [2.24, 2.45) is 5.92 Å². The number of amides is 1. The molecule has 8 nitrogen and oxygen atoms in total. The Morgan fingerprint density at radius 2 is 1.86 bits per heavy atom. The lowest BCUT2D eigenvalue weighted by Crippen LogP contribution is -2.39. The second-order valence-corrected chi connectivity index (χ2v) is 10.2. The average molecular weight is 515 g/mol. The number of aromatic nitrogens is 5. The van der Waals surface area contributed by atoms with Gasteiger partial charge in [-0.1, -0.05) is 23.7 Å². The summed E-state index contributed by atoms with van der Waals surface area (Å²) in [5, 5.41) is 3.60. The number of imidazole rings is 2. The Morgan fingerprint density at radius 3 is 2.68 bits per heavy atom. The molecule has 4 aromatic heterocycles. The van der Waals surface area contributed by atoms with Crippen molar-refractivity contribution in [3.63, 3.8) is 0 Å². The van der Waals surface area contributed by atoms with E-state index in [1.807, 2.05) is 58.5 Å². The van der Waals surface area contributed by atoms with E-state index >= 15 is 0 Å². The van der Waals surface area contributed by atoms with Gasteiger partial charge in [-0.05, 0) is 68.9 Å². The number of carbonyl (C=O) groups excluding carboxylic acids is 1. The average Bonchev–Trinajstić information content (AvgIpc) is 3.48. The highest BCUT2D eigenvalue weighted by atomic mass is 35.5. The first-order valence-corrected chi connectivity index (χ1v) is 12.9. The number of rotatable bonds is 5. The predicted molar refractivity (Wildman–Crippen MR) is 143 cm³/mol. The molecule has 188 valence electrons. The molecule has 1 fully saturated rings. The van der Waals surface area contributed by atoms with E-state index in [2.05, 4.69) is 15.3 Å². The monoisotopic (exact) mass is 514 g/mol. The van der Waals surface area contributed by atoms with Gasteiger partial charge in [-0.15, -0.1) is 0 Å². The Morgan fingerprint density at radius 1 is 1.08 bits per heavy atom. The Labute approximate surface area is 218 Å². The molecule has 9 heteroatoms. The fraction of sp³-hybridized carbons (Fsp3) is 0.286. The number of carbonyl (C=O) groups is 1. The van der Waals surface area contributed by atoms with Crippen molar-refractivity contribution in [3.8, 4) is 5.69 Å². The summed E-state index contributed by atoms with van der Waals surface area (Å²) in [6.45, 7) is 2.46. The molecule has 1 aromatic carbocycles. The molecule has 0 atom stereocenters. The molecule has 0 unspecified atom stereocenters. The fourth-order valence-corrected chi connectivity index (χ4v) is 5.58. The summed E-state index contributed by atoms with van der Waals surface area (Å²) in [5.41, 5.74) is 4.74. The van der Waals surface area contributed by atoms with Gasteiger partial charge >= 0.3 is 5.69 Å². The van der Waals surface area contributed by atoms with Crippen LogP contribution in [0.1, 0.15) is 41.7 Å². The zero-order valence-electron chi connectivity index (χ0n) is 20.5. The molecular formula is C28H27ClN6O2. The first-order chi connectivity index (χ1) is 18.0. The first-order valence-electron chi connectivity index (χ1n) is 12.5. The number of para-hydroxylation sites is 2. The van der Waals surface area contributed by atoms with E-state index in [0.717, 1.165) is 47.9 Å². The molecule has 1 aliphatic carbocycles. The van der Waals surface area contributed by atoms with Gasteiger partial charge in [0.1, 0.15) is 0 Å². The highest BCUT2D eigenvalue weighted by Gasteiger charge is 2.25. The van der Waals surface area contributed by atoms with E-state index < -0.39 is 0 Å². The molecule has 0 spiro atoms. The summed E-state index contributed by atoms with van der Waals surface area (Å²) in [5.74, 6) is 0.223. The predicted octanol–water partition coefficient (Wildman–Crippen LogP) is 4.79. The van der Waals surface area contributed by atoms with E-state index in [-0.39, 0.29) is 17.6 Å². The summed E-state index contributed by atoms with van der Waals surface area (Å²) < 4.78 is 5.60. The SMILES string of the molecule is Cc1ncc(Cl)cc1C(=O)N[C@H]1CC[C@H](Cn2c(=O)n(-c3ccc4cncn4c3)c3ccccc32)CC1. The topological polar surface area (TPSA) is 86.2 Å². The van der Waals surface area contributed by atoms with Crippen LogP contribution >= 0.6 is 11.6 Å². The van der Waals surface area contributed by atoms with Crippen LogP contribution in [-0.2, 0) is 6.54 Å². The molecule has 1 saturated carbocycles. The molecular weight excluding hydrogens is 488 g/mol. The minimum absolute atomic E-state index is 0.0416. The van der Waals surface area contributed by atoms with Crippen LogP contribution in [0.4, 0.5) is 0 Å². The third-order valence-electron chi connectivity index (χ3n) is 7.41. The van der Waals surface area contributed by atoms with Gasteiger partial charge in [0.25, 0.3) is 5.91 Å². The van der Waals surface area contributed by atoms with E-state index in [4.69, 9.17) is 11.6 Å². The largest absolute Gasteiger partial charge is 0.349 e. The standard InChI is InChI=1S/C28H27ClN6O2/c1-18-24(12-20(29)13-31-18)27(36)32-21-8-6-19(7-9-21)15-34-25-4-2-3-5-26(25)35(28(34)37)23-11-10-22-14-30-17-33(22)16-23/h2-5,10-14,16-17,19,21H,6-9,15H2,1H3,(H,32,36)/t19-,21-. The van der Waals surface area contributed by atoms with Crippen molar-refractivity contribution in [3.05, 3.63) is 94.1 Å². The molecule has 1 amide bonds. The zero-order valence-corrected chi connectivity index (χ0v) is 21.2. The van der Waals surface area contributed by atoms with Crippen molar-refractivity contribution in [2.75, 3.05) is 0 Å². The van der Waals surface area contributed by atoms with Crippen LogP contribution in [-0.4, -0.2) is 35.5 Å². The van der Waals surface area contributed by atoms with E-state index in [1.54, 1.807) is 29.4 Å². The highest BCUT2D eigenvalue weighted by molar-refractivity contribution is 6.30. The summed E-state index contributed by atoms with van der Waals surface area (Å²) in [6.07, 6.45) is 10.6. The fourth-order valence-electron chi connectivity index (χ4n) is 5.42. The van der Waals surface area contributed by atoms with Crippen molar-refractivity contribution < 1.29 is 4.79 Å². The Hall–Kier alpha value is -3.91. The minimum atomic E-state index is -0.134. The normalized spacial score (nSPS) is 17.9. The van der Waals surface area contributed by atoms with Gasteiger partial charge < -0.3 is 9.72 Å². The molecule has 0 aliphatic heterocycles. The zero-order chi connectivity index (χ0) is 25.5. The Bertz CT molecular complexity index is 1680. The van der Waals surface area contributed by atoms with Crippen LogP contribution in [0.5, 0.6) is 0 Å². The summed E-state index contributed by atoms with van der Waals surface area (Å²) >= 11 is 6.04. The maximum absolute atomic E-state index is 13.7. The third kappa shape index (κ3) is 4.42. The van der Waals surface area contributed by atoms with Gasteiger partial charge in [0.2, 0.25) is 0 Å². The molecule has 6 rings (SSSR count). The minimum Gasteiger partial charge on any atom is -0.349 e. The first kappa shape index (κ1) is 23.5. The molecule has 5 aromatic rings. The number of nitrogens with zero attached hydrogens (tertiary/aromatic N) is 5. The van der Waals surface area contributed by atoms with E-state index in [9.17, 15) is 9.59 Å². The van der Waals surface area contributed by atoms with Crippen molar-refractivity contribution in [2.45, 2.75) is 45.2 Å². The second kappa shape index (κ2) is 9.52. The highest BCUT2D eigenvalue weighted by Crippen LogP contribution is 2.28. The number of fused-ring (bicyclic) bond motifs is 2. The van der Waals surface area contributed by atoms with E-state index in [0.29, 0.717) is 28.7 Å². The number of benzene rings is 1. The van der Waals surface area contributed by atoms with Crippen LogP contribution < -0.4 is 11.0 Å². The molecule has 1 aliphatic rings. The molecule has 4 heterocycles. The Kier molecular flexibility index (Phi) is 6.04. The number of hydrogen-bond acceptors (Lipinski definition) is 4. The summed E-state index contributed by atoms with van der Waals surface area (Å²) in [4.78, 5) is 34.9. The van der Waals surface area contributed by atoms with Crippen molar-refractivity contribution >= 4 is 34.1 Å². The van der Waals surface area contributed by atoms with Crippen LogP contribution in [0.25, 0.3) is 22.2 Å². The lowest BCUT2D eigenvalue weighted by Gasteiger charge is -2.29. The van der Waals surface area contributed by atoms with Crippen LogP contribution in [0.3, 0.4) is 0 Å². The van der Waals surface area contributed by atoms with Crippen molar-refractivity contribution in [1.29, 1.82) is 0 Å². The summed E-state index contributed by atoms with van der Waals surface area (Å²) in [6, 6.07) is 13.6. The quantitative estimate of drug-likeness (QED) is 0.365. The molecule has 0 bridgehead atoms. The number of aryl methyl sites for hydroxylation is 1. The lowest BCUT2D eigenvalue weighted by molar-refractivity contribution is 0.0919. The Balaban J connectivity index is 1.20. The number of pyridine rings is 2. The molecule has 0 radical (unpaired) electrons. The number of nitrogens with one attached hydrogen (secondary N) is 1. The molecule has 37 heavy (non-hydrogen) atoms. The lowest BCUT2D eigenvalue weighted by atomic mass is 9.85. The van der Waals surface area contributed by atoms with Gasteiger partial charge in [-0.25, -0.2) is 9.78 Å². The van der Waals surface area contributed by atoms with Crippen LogP contribution in [0.2, 0.25) is 5.02 Å². The van der Waals surface area contributed by atoms with Crippen LogP contribution in [0.15, 0.2) is 72.2 Å². The number of hydrogen-bond donors (Lipinski definition) is 1. The second-order valence-electron chi connectivity index (χ2n) is 9.81. The maximum atomic E-state index is 13.7. The molecule has 0 saturated heterocycles.